The van der Waals surface area contributed by atoms with Gasteiger partial charge in [0, 0.05) is 12.6 Å². The highest BCUT2D eigenvalue weighted by atomic mass is 16.2. The molecule has 0 saturated heterocycles. The summed E-state index contributed by atoms with van der Waals surface area (Å²) in [5, 5.41) is 2.72. The van der Waals surface area contributed by atoms with Crippen LogP contribution in [0.15, 0.2) is 17.2 Å². The van der Waals surface area contributed by atoms with E-state index in [1.54, 1.807) is 0 Å². The minimum Gasteiger partial charge on any atom is -0.355 e. The summed E-state index contributed by atoms with van der Waals surface area (Å²) in [5.41, 5.74) is 0.565. The summed E-state index contributed by atoms with van der Waals surface area (Å²) in [4.78, 5) is 27.3. The maximum absolute atomic E-state index is 11.7. The van der Waals surface area contributed by atoms with Crippen molar-refractivity contribution in [1.29, 1.82) is 0 Å². The van der Waals surface area contributed by atoms with E-state index in [0.717, 1.165) is 12.1 Å². The van der Waals surface area contributed by atoms with Gasteiger partial charge in [0.05, 0.1) is 12.0 Å². The highest BCUT2D eigenvalue weighted by molar-refractivity contribution is 5.75. The highest BCUT2D eigenvalue weighted by Crippen LogP contribution is 2.06. The van der Waals surface area contributed by atoms with Crippen molar-refractivity contribution in [3.8, 4) is 0 Å². The average Bonchev–Trinajstić information content (AvgIpc) is 2.28. The molecule has 0 bridgehead atoms. The molecule has 17 heavy (non-hydrogen) atoms. The zero-order valence-corrected chi connectivity index (χ0v) is 10.6. The molecular weight excluding hydrogens is 218 g/mol. The van der Waals surface area contributed by atoms with E-state index in [0.29, 0.717) is 6.54 Å². The van der Waals surface area contributed by atoms with Crippen molar-refractivity contribution in [3.05, 3.63) is 28.4 Å². The molecule has 0 fully saturated rings. The topological polar surface area (TPSA) is 64.0 Å². The molecule has 5 heteroatoms. The second-order valence-corrected chi connectivity index (χ2v) is 4.28. The number of nitrogens with zero attached hydrogens (tertiary/aromatic N) is 2. The first-order valence-corrected chi connectivity index (χ1v) is 5.87. The molecule has 0 aliphatic heterocycles. The predicted molar refractivity (Wildman–Crippen MR) is 65.9 cm³/mol. The van der Waals surface area contributed by atoms with Crippen LogP contribution in [0.25, 0.3) is 0 Å². The number of carbonyl (C=O) groups is 1. The third-order valence-corrected chi connectivity index (χ3v) is 2.38. The van der Waals surface area contributed by atoms with Crippen molar-refractivity contribution in [1.82, 2.24) is 14.9 Å². The predicted octanol–water partition coefficient (Wildman–Crippen LogP) is 0.893. The minimum absolute atomic E-state index is 0.0320. The summed E-state index contributed by atoms with van der Waals surface area (Å²) in [6.45, 7) is 6.58. The van der Waals surface area contributed by atoms with E-state index in [1.165, 1.54) is 17.0 Å². The van der Waals surface area contributed by atoms with Gasteiger partial charge in [-0.2, -0.15) is 0 Å². The molecule has 0 atom stereocenters. The Hall–Kier alpha value is -1.65. The Kier molecular flexibility index (Phi) is 4.87. The van der Waals surface area contributed by atoms with E-state index < -0.39 is 0 Å². The Morgan fingerprint density at radius 1 is 1.53 bits per heavy atom. The molecule has 0 aliphatic carbocycles. The van der Waals surface area contributed by atoms with E-state index in [-0.39, 0.29) is 23.9 Å². The lowest BCUT2D eigenvalue weighted by Crippen LogP contribution is -2.32. The number of hydrogen-bond acceptors (Lipinski definition) is 3. The van der Waals surface area contributed by atoms with E-state index in [2.05, 4.69) is 10.3 Å². The van der Waals surface area contributed by atoms with Crippen molar-refractivity contribution in [3.63, 3.8) is 0 Å². The Balaban J connectivity index is 2.73. The standard InChI is InChI=1S/C12H19N3O2/c1-4-5-13-11(16)7-15-8-14-10(9(2)3)6-12(15)17/h6,8-9H,4-5,7H2,1-3H3,(H,13,16). The van der Waals surface area contributed by atoms with Crippen LogP contribution >= 0.6 is 0 Å². The van der Waals surface area contributed by atoms with Gasteiger partial charge in [-0.3, -0.25) is 14.2 Å². The first-order chi connectivity index (χ1) is 8.04. The van der Waals surface area contributed by atoms with Gasteiger partial charge in [0.15, 0.2) is 0 Å². The molecule has 1 N–H and O–H groups in total. The molecule has 94 valence electrons. The van der Waals surface area contributed by atoms with Crippen molar-refractivity contribution < 1.29 is 4.79 Å². The first kappa shape index (κ1) is 13.4. The van der Waals surface area contributed by atoms with Gasteiger partial charge in [0.2, 0.25) is 5.91 Å². The van der Waals surface area contributed by atoms with Gasteiger partial charge in [0.1, 0.15) is 6.54 Å². The lowest BCUT2D eigenvalue weighted by Gasteiger charge is -2.08. The number of carbonyl (C=O) groups excluding carboxylic acids is 1. The number of aromatic nitrogens is 2. The van der Waals surface area contributed by atoms with Crippen LogP contribution in [0.2, 0.25) is 0 Å². The summed E-state index contributed by atoms with van der Waals surface area (Å²) in [6, 6.07) is 1.48. The third kappa shape index (κ3) is 4.01. The van der Waals surface area contributed by atoms with E-state index in [1.807, 2.05) is 20.8 Å². The molecule has 0 radical (unpaired) electrons. The fourth-order valence-electron chi connectivity index (χ4n) is 1.35. The molecule has 1 aromatic rings. The number of rotatable bonds is 5. The molecule has 5 nitrogen and oxygen atoms in total. The molecule has 1 aromatic heterocycles. The maximum atomic E-state index is 11.7. The average molecular weight is 237 g/mol. The summed E-state index contributed by atoms with van der Waals surface area (Å²) in [5.74, 6) is 0.0549. The Morgan fingerprint density at radius 2 is 2.24 bits per heavy atom. The SMILES string of the molecule is CCCNC(=O)Cn1cnc(C(C)C)cc1=O. The van der Waals surface area contributed by atoms with Gasteiger partial charge >= 0.3 is 0 Å². The summed E-state index contributed by atoms with van der Waals surface area (Å²) in [7, 11) is 0. The van der Waals surface area contributed by atoms with E-state index in [9.17, 15) is 9.59 Å². The minimum atomic E-state index is -0.185. The largest absolute Gasteiger partial charge is 0.355 e. The van der Waals surface area contributed by atoms with Crippen molar-refractivity contribution >= 4 is 5.91 Å². The van der Waals surface area contributed by atoms with Crippen LogP contribution in [0.1, 0.15) is 38.8 Å². The molecule has 1 heterocycles. The molecular formula is C12H19N3O2. The van der Waals surface area contributed by atoms with Gasteiger partial charge < -0.3 is 5.32 Å². The molecule has 0 saturated carbocycles. The number of hydrogen-bond donors (Lipinski definition) is 1. The zero-order valence-electron chi connectivity index (χ0n) is 10.6. The first-order valence-electron chi connectivity index (χ1n) is 5.87. The highest BCUT2D eigenvalue weighted by Gasteiger charge is 2.06. The van der Waals surface area contributed by atoms with Crippen LogP contribution < -0.4 is 10.9 Å². The Morgan fingerprint density at radius 3 is 2.76 bits per heavy atom. The third-order valence-electron chi connectivity index (χ3n) is 2.38. The number of amides is 1. The quantitative estimate of drug-likeness (QED) is 0.827. The summed E-state index contributed by atoms with van der Waals surface area (Å²) in [6.07, 6.45) is 2.31. The van der Waals surface area contributed by atoms with Crippen LogP contribution in [0.5, 0.6) is 0 Å². The van der Waals surface area contributed by atoms with Gasteiger partial charge in [-0.15, -0.1) is 0 Å². The normalized spacial score (nSPS) is 10.6. The van der Waals surface area contributed by atoms with E-state index >= 15 is 0 Å². The van der Waals surface area contributed by atoms with Crippen LogP contribution in [0.3, 0.4) is 0 Å². The maximum Gasteiger partial charge on any atom is 0.254 e. The molecule has 0 unspecified atom stereocenters. The van der Waals surface area contributed by atoms with Crippen LogP contribution in [0.4, 0.5) is 0 Å². The smallest absolute Gasteiger partial charge is 0.254 e. The second kappa shape index (κ2) is 6.18. The van der Waals surface area contributed by atoms with Crippen LogP contribution in [0, 0.1) is 0 Å². The second-order valence-electron chi connectivity index (χ2n) is 4.28. The lowest BCUT2D eigenvalue weighted by molar-refractivity contribution is -0.121. The van der Waals surface area contributed by atoms with Gasteiger partial charge in [0.25, 0.3) is 5.56 Å². The fraction of sp³-hybridized carbons (Fsp3) is 0.583. The van der Waals surface area contributed by atoms with E-state index in [4.69, 9.17) is 0 Å². The Bertz CT molecular complexity index is 438. The van der Waals surface area contributed by atoms with Gasteiger partial charge in [-0.25, -0.2) is 4.98 Å². The monoisotopic (exact) mass is 237 g/mol. The van der Waals surface area contributed by atoms with Crippen molar-refractivity contribution in [2.75, 3.05) is 6.54 Å². The number of nitrogens with one attached hydrogen (secondary N) is 1. The Labute approximate surface area is 101 Å². The van der Waals surface area contributed by atoms with Crippen LogP contribution in [-0.2, 0) is 11.3 Å². The molecule has 0 aliphatic rings. The van der Waals surface area contributed by atoms with Gasteiger partial charge in [-0.05, 0) is 12.3 Å². The zero-order chi connectivity index (χ0) is 12.8. The van der Waals surface area contributed by atoms with Gasteiger partial charge in [-0.1, -0.05) is 20.8 Å². The molecule has 0 spiro atoms. The summed E-state index contributed by atoms with van der Waals surface area (Å²) >= 11 is 0. The molecule has 1 amide bonds. The van der Waals surface area contributed by atoms with Crippen LogP contribution in [-0.4, -0.2) is 22.0 Å². The lowest BCUT2D eigenvalue weighted by atomic mass is 10.1. The van der Waals surface area contributed by atoms with Crippen molar-refractivity contribution in [2.24, 2.45) is 0 Å². The summed E-state index contributed by atoms with van der Waals surface area (Å²) < 4.78 is 1.32. The fourth-order valence-corrected chi connectivity index (χ4v) is 1.35. The molecule has 1 rings (SSSR count). The molecule has 0 aromatic carbocycles. The van der Waals surface area contributed by atoms with Crippen molar-refractivity contribution in [2.45, 2.75) is 39.7 Å².